The lowest BCUT2D eigenvalue weighted by Gasteiger charge is -2.26. The van der Waals surface area contributed by atoms with Crippen LogP contribution in [0.1, 0.15) is 44.2 Å². The molecule has 0 saturated heterocycles. The first-order valence-electron chi connectivity index (χ1n) is 6.28. The van der Waals surface area contributed by atoms with E-state index in [4.69, 9.17) is 0 Å². The molecule has 1 unspecified atom stereocenters. The van der Waals surface area contributed by atoms with Crippen LogP contribution < -0.4 is 5.32 Å². The molecule has 0 aromatic heterocycles. The Hall–Kier alpha value is -1.02. The third-order valence-corrected chi connectivity index (χ3v) is 3.63. The maximum atomic E-state index is 9.71. The Bertz CT molecular complexity index is 333. The van der Waals surface area contributed by atoms with E-state index in [1.165, 1.54) is 25.7 Å². The summed E-state index contributed by atoms with van der Waals surface area (Å²) in [6, 6.07) is 7.80. The van der Waals surface area contributed by atoms with Gasteiger partial charge in [-0.3, -0.25) is 0 Å². The molecule has 2 nitrogen and oxygen atoms in total. The highest BCUT2D eigenvalue weighted by Crippen LogP contribution is 2.29. The Morgan fingerprint density at radius 2 is 2.12 bits per heavy atom. The average Bonchev–Trinajstić information content (AvgIpc) is 2.22. The minimum absolute atomic E-state index is 0.237. The van der Waals surface area contributed by atoms with E-state index in [-0.39, 0.29) is 6.04 Å². The molecule has 1 aromatic carbocycles. The quantitative estimate of drug-likeness (QED) is 0.797. The van der Waals surface area contributed by atoms with Crippen molar-refractivity contribution >= 4 is 0 Å². The largest absolute Gasteiger partial charge is 0.508 e. The van der Waals surface area contributed by atoms with Gasteiger partial charge in [0.05, 0.1) is 0 Å². The van der Waals surface area contributed by atoms with E-state index in [1.807, 2.05) is 18.2 Å². The number of rotatable bonds is 5. The minimum Gasteiger partial charge on any atom is -0.508 e. The molecular formula is C14H21NO. The maximum absolute atomic E-state index is 9.71. The van der Waals surface area contributed by atoms with Gasteiger partial charge in [0.25, 0.3) is 0 Å². The summed E-state index contributed by atoms with van der Waals surface area (Å²) >= 11 is 0. The van der Waals surface area contributed by atoms with Crippen LogP contribution in [0.5, 0.6) is 5.75 Å². The summed E-state index contributed by atoms with van der Waals surface area (Å²) in [6.07, 6.45) is 5.51. The molecule has 2 heteroatoms. The molecule has 2 N–H and O–H groups in total. The molecule has 1 atom stereocenters. The third-order valence-electron chi connectivity index (χ3n) is 3.63. The van der Waals surface area contributed by atoms with Crippen LogP contribution in [0, 0.1) is 5.92 Å². The van der Waals surface area contributed by atoms with Crippen molar-refractivity contribution in [1.82, 2.24) is 5.32 Å². The van der Waals surface area contributed by atoms with E-state index in [0.717, 1.165) is 18.0 Å². The minimum atomic E-state index is 0.237. The van der Waals surface area contributed by atoms with E-state index < -0.39 is 0 Å². The Labute approximate surface area is 97.7 Å². The van der Waals surface area contributed by atoms with Crippen molar-refractivity contribution in [2.24, 2.45) is 5.92 Å². The van der Waals surface area contributed by atoms with Gasteiger partial charge < -0.3 is 10.4 Å². The molecule has 0 bridgehead atoms. The molecule has 1 saturated carbocycles. The molecule has 1 fully saturated rings. The molecule has 0 spiro atoms. The summed E-state index contributed by atoms with van der Waals surface area (Å²) in [7, 11) is 0. The molecule has 1 aliphatic carbocycles. The highest BCUT2D eigenvalue weighted by atomic mass is 16.3. The number of aromatic hydroxyl groups is 1. The SMILES string of the molecule is CC(NCCC1CCC1)c1ccccc1O. The molecule has 88 valence electrons. The normalized spacial score (nSPS) is 18.1. The topological polar surface area (TPSA) is 32.3 Å². The molecular weight excluding hydrogens is 198 g/mol. The summed E-state index contributed by atoms with van der Waals surface area (Å²) in [6.45, 7) is 3.16. The van der Waals surface area contributed by atoms with Crippen molar-refractivity contribution in [3.8, 4) is 5.75 Å². The molecule has 16 heavy (non-hydrogen) atoms. The van der Waals surface area contributed by atoms with Gasteiger partial charge in [-0.2, -0.15) is 0 Å². The number of para-hydroxylation sites is 1. The monoisotopic (exact) mass is 219 g/mol. The molecule has 0 aliphatic heterocycles. The number of hydrogen-bond acceptors (Lipinski definition) is 2. The van der Waals surface area contributed by atoms with E-state index in [0.29, 0.717) is 5.75 Å². The second-order valence-corrected chi connectivity index (χ2v) is 4.82. The van der Waals surface area contributed by atoms with Gasteiger partial charge in [-0.15, -0.1) is 0 Å². The van der Waals surface area contributed by atoms with Crippen LogP contribution in [0.2, 0.25) is 0 Å². The first-order valence-corrected chi connectivity index (χ1v) is 6.28. The van der Waals surface area contributed by atoms with Crippen molar-refractivity contribution in [3.05, 3.63) is 29.8 Å². The van der Waals surface area contributed by atoms with Crippen molar-refractivity contribution < 1.29 is 5.11 Å². The Morgan fingerprint density at radius 1 is 1.38 bits per heavy atom. The lowest BCUT2D eigenvalue weighted by Crippen LogP contribution is -2.24. The number of nitrogens with one attached hydrogen (secondary N) is 1. The molecule has 1 aromatic rings. The van der Waals surface area contributed by atoms with E-state index >= 15 is 0 Å². The van der Waals surface area contributed by atoms with Gasteiger partial charge in [0.15, 0.2) is 0 Å². The maximum Gasteiger partial charge on any atom is 0.120 e. The fraction of sp³-hybridized carbons (Fsp3) is 0.571. The fourth-order valence-corrected chi connectivity index (χ4v) is 2.25. The van der Waals surface area contributed by atoms with Crippen LogP contribution in [-0.2, 0) is 0 Å². The van der Waals surface area contributed by atoms with E-state index in [9.17, 15) is 5.11 Å². The molecule has 2 rings (SSSR count). The summed E-state index contributed by atoms with van der Waals surface area (Å²) in [5.74, 6) is 1.34. The van der Waals surface area contributed by atoms with E-state index in [1.54, 1.807) is 6.07 Å². The smallest absolute Gasteiger partial charge is 0.120 e. The van der Waals surface area contributed by atoms with Gasteiger partial charge >= 0.3 is 0 Å². The predicted octanol–water partition coefficient (Wildman–Crippen LogP) is 3.23. The zero-order chi connectivity index (χ0) is 11.4. The molecule has 0 radical (unpaired) electrons. The Kier molecular flexibility index (Phi) is 3.83. The van der Waals surface area contributed by atoms with Crippen LogP contribution in [0.25, 0.3) is 0 Å². The van der Waals surface area contributed by atoms with Crippen LogP contribution in [-0.4, -0.2) is 11.7 Å². The average molecular weight is 219 g/mol. The van der Waals surface area contributed by atoms with Gasteiger partial charge in [-0.1, -0.05) is 37.5 Å². The lowest BCUT2D eigenvalue weighted by atomic mass is 9.83. The highest BCUT2D eigenvalue weighted by Gasteiger charge is 2.17. The van der Waals surface area contributed by atoms with Crippen LogP contribution in [0.15, 0.2) is 24.3 Å². The van der Waals surface area contributed by atoms with Gasteiger partial charge in [0.1, 0.15) is 5.75 Å². The van der Waals surface area contributed by atoms with Gasteiger partial charge in [0.2, 0.25) is 0 Å². The number of phenols is 1. The highest BCUT2D eigenvalue weighted by molar-refractivity contribution is 5.34. The summed E-state index contributed by atoms with van der Waals surface area (Å²) in [5.41, 5.74) is 0.996. The Balaban J connectivity index is 1.78. The van der Waals surface area contributed by atoms with Crippen LogP contribution >= 0.6 is 0 Å². The molecule has 0 heterocycles. The Morgan fingerprint density at radius 3 is 2.75 bits per heavy atom. The zero-order valence-electron chi connectivity index (χ0n) is 9.95. The molecule has 1 aliphatic rings. The number of benzene rings is 1. The lowest BCUT2D eigenvalue weighted by molar-refractivity contribution is 0.288. The van der Waals surface area contributed by atoms with Crippen molar-refractivity contribution in [2.75, 3.05) is 6.54 Å². The number of hydrogen-bond donors (Lipinski definition) is 2. The second kappa shape index (κ2) is 5.35. The summed E-state index contributed by atoms with van der Waals surface area (Å²) in [5, 5.41) is 13.2. The summed E-state index contributed by atoms with van der Waals surface area (Å²) < 4.78 is 0. The van der Waals surface area contributed by atoms with Crippen molar-refractivity contribution in [2.45, 2.75) is 38.6 Å². The van der Waals surface area contributed by atoms with E-state index in [2.05, 4.69) is 12.2 Å². The third kappa shape index (κ3) is 2.76. The van der Waals surface area contributed by atoms with Gasteiger partial charge in [-0.05, 0) is 31.9 Å². The zero-order valence-corrected chi connectivity index (χ0v) is 9.95. The first kappa shape index (κ1) is 11.5. The van der Waals surface area contributed by atoms with Gasteiger partial charge in [-0.25, -0.2) is 0 Å². The van der Waals surface area contributed by atoms with Gasteiger partial charge in [0, 0.05) is 11.6 Å². The second-order valence-electron chi connectivity index (χ2n) is 4.82. The van der Waals surface area contributed by atoms with Crippen molar-refractivity contribution in [1.29, 1.82) is 0 Å². The standard InChI is InChI=1S/C14H21NO/c1-11(13-7-2-3-8-14(13)16)15-10-9-12-5-4-6-12/h2-3,7-8,11-12,15-16H,4-6,9-10H2,1H3. The fourth-order valence-electron chi connectivity index (χ4n) is 2.25. The predicted molar refractivity (Wildman–Crippen MR) is 66.5 cm³/mol. The first-order chi connectivity index (χ1) is 7.77. The molecule has 0 amide bonds. The van der Waals surface area contributed by atoms with Crippen LogP contribution in [0.4, 0.5) is 0 Å². The number of phenolic OH excluding ortho intramolecular Hbond substituents is 1. The van der Waals surface area contributed by atoms with Crippen LogP contribution in [0.3, 0.4) is 0 Å². The van der Waals surface area contributed by atoms with Crippen molar-refractivity contribution in [3.63, 3.8) is 0 Å². The summed E-state index contributed by atoms with van der Waals surface area (Å²) in [4.78, 5) is 0.